The van der Waals surface area contributed by atoms with Crippen molar-refractivity contribution in [3.8, 4) is 0 Å². The molecule has 17 heavy (non-hydrogen) atoms. The maximum atomic E-state index is 6.22. The van der Waals surface area contributed by atoms with E-state index in [0.29, 0.717) is 0 Å². The molecule has 2 rings (SSSR count). The van der Waals surface area contributed by atoms with Gasteiger partial charge < -0.3 is 10.3 Å². The molecule has 1 unspecified atom stereocenters. The van der Waals surface area contributed by atoms with E-state index >= 15 is 0 Å². The molecule has 0 saturated heterocycles. The van der Waals surface area contributed by atoms with Crippen LogP contribution in [0.2, 0.25) is 0 Å². The van der Waals surface area contributed by atoms with Crippen LogP contribution < -0.4 is 5.73 Å². The Hall–Kier alpha value is -1.13. The van der Waals surface area contributed by atoms with Crippen LogP contribution in [0.15, 0.2) is 24.5 Å². The van der Waals surface area contributed by atoms with E-state index in [1.807, 2.05) is 12.4 Å². The van der Waals surface area contributed by atoms with Crippen molar-refractivity contribution in [1.29, 1.82) is 0 Å². The second kappa shape index (κ2) is 5.47. The first-order valence-electron chi connectivity index (χ1n) is 6.02. The van der Waals surface area contributed by atoms with Crippen molar-refractivity contribution in [2.45, 2.75) is 39.3 Å². The summed E-state index contributed by atoms with van der Waals surface area (Å²) >= 11 is 1.77. The first-order chi connectivity index (χ1) is 8.20. The number of aromatic nitrogens is 2. The van der Waals surface area contributed by atoms with Gasteiger partial charge in [0.1, 0.15) is 5.82 Å². The molecule has 2 heterocycles. The van der Waals surface area contributed by atoms with Crippen molar-refractivity contribution in [1.82, 2.24) is 9.55 Å². The molecule has 0 spiro atoms. The van der Waals surface area contributed by atoms with Gasteiger partial charge in [0.2, 0.25) is 0 Å². The number of hydrogen-bond donors (Lipinski definition) is 1. The molecule has 0 fully saturated rings. The largest absolute Gasteiger partial charge is 0.335 e. The van der Waals surface area contributed by atoms with Gasteiger partial charge in [-0.1, -0.05) is 6.92 Å². The van der Waals surface area contributed by atoms with Gasteiger partial charge in [-0.3, -0.25) is 0 Å². The van der Waals surface area contributed by atoms with Gasteiger partial charge in [-0.25, -0.2) is 4.98 Å². The molecule has 0 radical (unpaired) electrons. The molecule has 1 atom stereocenters. The minimum Gasteiger partial charge on any atom is -0.335 e. The molecule has 3 nitrogen and oxygen atoms in total. The van der Waals surface area contributed by atoms with Gasteiger partial charge in [-0.15, -0.1) is 11.3 Å². The average molecular weight is 249 g/mol. The fourth-order valence-corrected chi connectivity index (χ4v) is 2.80. The van der Waals surface area contributed by atoms with Crippen LogP contribution in [0.3, 0.4) is 0 Å². The molecule has 0 aliphatic heterocycles. The summed E-state index contributed by atoms with van der Waals surface area (Å²) < 4.78 is 2.19. The molecule has 92 valence electrons. The van der Waals surface area contributed by atoms with E-state index in [1.165, 1.54) is 9.75 Å². The minimum atomic E-state index is 0.0618. The molecule has 0 aromatic carbocycles. The van der Waals surface area contributed by atoms with Gasteiger partial charge in [0, 0.05) is 41.2 Å². The zero-order valence-corrected chi connectivity index (χ0v) is 11.2. The highest BCUT2D eigenvalue weighted by Crippen LogP contribution is 2.23. The standard InChI is InChI=1S/C13H19N3S/c1-3-7-16-8-6-15-13(16)9-11(14)12-5-4-10(2)17-12/h4-6,8,11H,3,7,9,14H2,1-2H3. The number of imidazole rings is 1. The Kier molecular flexibility index (Phi) is 3.97. The summed E-state index contributed by atoms with van der Waals surface area (Å²) in [5.74, 6) is 1.09. The third-order valence-electron chi connectivity index (χ3n) is 2.80. The minimum absolute atomic E-state index is 0.0618. The van der Waals surface area contributed by atoms with Crippen LogP contribution in [0.5, 0.6) is 0 Å². The second-order valence-electron chi connectivity index (χ2n) is 4.30. The Morgan fingerprint density at radius 1 is 1.47 bits per heavy atom. The quantitative estimate of drug-likeness (QED) is 0.885. The summed E-state index contributed by atoms with van der Waals surface area (Å²) in [5.41, 5.74) is 6.22. The summed E-state index contributed by atoms with van der Waals surface area (Å²) in [6.07, 6.45) is 5.83. The van der Waals surface area contributed by atoms with Crippen LogP contribution in [0.1, 0.15) is 35.0 Å². The predicted octanol–water partition coefficient (Wildman–Crippen LogP) is 2.91. The number of nitrogens with two attached hydrogens (primary N) is 1. The summed E-state index contributed by atoms with van der Waals surface area (Å²) in [6, 6.07) is 4.31. The van der Waals surface area contributed by atoms with Crippen LogP contribution in [-0.4, -0.2) is 9.55 Å². The molecule has 0 bridgehead atoms. The highest BCUT2D eigenvalue weighted by Gasteiger charge is 2.12. The van der Waals surface area contributed by atoms with E-state index in [2.05, 4.69) is 35.5 Å². The normalized spacial score (nSPS) is 12.9. The monoisotopic (exact) mass is 249 g/mol. The molecule has 0 saturated carbocycles. The molecule has 2 aromatic heterocycles. The van der Waals surface area contributed by atoms with Crippen molar-refractivity contribution in [2.24, 2.45) is 5.73 Å². The molecule has 0 amide bonds. The van der Waals surface area contributed by atoms with Crippen molar-refractivity contribution < 1.29 is 0 Å². The summed E-state index contributed by atoms with van der Waals surface area (Å²) in [5, 5.41) is 0. The van der Waals surface area contributed by atoms with E-state index in [1.54, 1.807) is 11.3 Å². The smallest absolute Gasteiger partial charge is 0.110 e. The van der Waals surface area contributed by atoms with Crippen LogP contribution in [0, 0.1) is 6.92 Å². The van der Waals surface area contributed by atoms with E-state index in [4.69, 9.17) is 5.73 Å². The van der Waals surface area contributed by atoms with Gasteiger partial charge in [0.05, 0.1) is 0 Å². The Bertz CT molecular complexity index is 472. The fraction of sp³-hybridized carbons (Fsp3) is 0.462. The van der Waals surface area contributed by atoms with Crippen LogP contribution >= 0.6 is 11.3 Å². The van der Waals surface area contributed by atoms with Crippen molar-refractivity contribution in [3.63, 3.8) is 0 Å². The maximum Gasteiger partial charge on any atom is 0.110 e. The average Bonchev–Trinajstić information content (AvgIpc) is 2.89. The lowest BCUT2D eigenvalue weighted by Crippen LogP contribution is -2.15. The second-order valence-corrected chi connectivity index (χ2v) is 5.62. The van der Waals surface area contributed by atoms with Gasteiger partial charge in [0.15, 0.2) is 0 Å². The third kappa shape index (κ3) is 2.96. The maximum absolute atomic E-state index is 6.22. The molecular weight excluding hydrogens is 230 g/mol. The Balaban J connectivity index is 2.07. The number of nitrogens with zero attached hydrogens (tertiary/aromatic N) is 2. The van der Waals surface area contributed by atoms with Crippen LogP contribution in [0.4, 0.5) is 0 Å². The molecular formula is C13H19N3S. The van der Waals surface area contributed by atoms with Crippen molar-refractivity contribution in [3.05, 3.63) is 40.1 Å². The zero-order valence-electron chi connectivity index (χ0n) is 10.4. The number of rotatable bonds is 5. The number of aryl methyl sites for hydroxylation is 2. The molecule has 2 aromatic rings. The lowest BCUT2D eigenvalue weighted by Gasteiger charge is -2.11. The highest BCUT2D eigenvalue weighted by molar-refractivity contribution is 7.12. The predicted molar refractivity (Wildman–Crippen MR) is 72.2 cm³/mol. The van der Waals surface area contributed by atoms with Gasteiger partial charge in [-0.2, -0.15) is 0 Å². The molecule has 0 aliphatic carbocycles. The lowest BCUT2D eigenvalue weighted by molar-refractivity contribution is 0.602. The van der Waals surface area contributed by atoms with E-state index < -0.39 is 0 Å². The number of thiophene rings is 1. The fourth-order valence-electron chi connectivity index (χ4n) is 1.92. The first kappa shape index (κ1) is 12.3. The third-order valence-corrected chi connectivity index (χ3v) is 3.93. The molecule has 4 heteroatoms. The summed E-state index contributed by atoms with van der Waals surface area (Å²) in [4.78, 5) is 6.95. The lowest BCUT2D eigenvalue weighted by atomic mass is 10.2. The van der Waals surface area contributed by atoms with Gasteiger partial charge >= 0.3 is 0 Å². The SMILES string of the molecule is CCCn1ccnc1CC(N)c1ccc(C)s1. The van der Waals surface area contributed by atoms with Crippen molar-refractivity contribution in [2.75, 3.05) is 0 Å². The van der Waals surface area contributed by atoms with E-state index in [9.17, 15) is 0 Å². The van der Waals surface area contributed by atoms with Crippen molar-refractivity contribution >= 4 is 11.3 Å². The van der Waals surface area contributed by atoms with Gasteiger partial charge in [0.25, 0.3) is 0 Å². The van der Waals surface area contributed by atoms with Crippen LogP contribution in [-0.2, 0) is 13.0 Å². The van der Waals surface area contributed by atoms with E-state index in [-0.39, 0.29) is 6.04 Å². The molecule has 2 N–H and O–H groups in total. The molecule has 0 aliphatic rings. The zero-order chi connectivity index (χ0) is 12.3. The van der Waals surface area contributed by atoms with E-state index in [0.717, 1.165) is 25.2 Å². The Labute approximate surface area is 106 Å². The highest BCUT2D eigenvalue weighted by atomic mass is 32.1. The topological polar surface area (TPSA) is 43.8 Å². The van der Waals surface area contributed by atoms with Crippen LogP contribution in [0.25, 0.3) is 0 Å². The van der Waals surface area contributed by atoms with Gasteiger partial charge in [-0.05, 0) is 25.5 Å². The Morgan fingerprint density at radius 2 is 2.29 bits per heavy atom. The Morgan fingerprint density at radius 3 is 2.94 bits per heavy atom. The first-order valence-corrected chi connectivity index (χ1v) is 6.84. The number of hydrogen-bond acceptors (Lipinski definition) is 3. The summed E-state index contributed by atoms with van der Waals surface area (Å²) in [7, 11) is 0. The summed E-state index contributed by atoms with van der Waals surface area (Å²) in [6.45, 7) is 5.30.